The maximum Gasteiger partial charge on any atom is 0.264 e. The van der Waals surface area contributed by atoms with Crippen LogP contribution in [0.25, 0.3) is 10.6 Å². The Kier molecular flexibility index (Phi) is 3.75. The molecular weight excluding hydrogens is 312 g/mol. The lowest BCUT2D eigenvalue weighted by Crippen LogP contribution is -2.48. The number of nitrogens with zero attached hydrogens (tertiary/aromatic N) is 2. The van der Waals surface area contributed by atoms with Crippen LogP contribution < -0.4 is 0 Å². The third kappa shape index (κ3) is 2.71. The summed E-state index contributed by atoms with van der Waals surface area (Å²) in [7, 11) is 2.11. The van der Waals surface area contributed by atoms with E-state index in [0.29, 0.717) is 12.6 Å². The molecule has 5 nitrogen and oxygen atoms in total. The Morgan fingerprint density at radius 3 is 2.87 bits per heavy atom. The average molecular weight is 332 g/mol. The Hall–Kier alpha value is -1.63. The molecule has 4 heterocycles. The van der Waals surface area contributed by atoms with E-state index in [1.807, 2.05) is 36.1 Å². The average Bonchev–Trinajstić information content (AvgIpc) is 3.25. The minimum absolute atomic E-state index is 0.0935. The molecule has 0 spiro atoms. The number of aryl methyl sites for hydroxylation is 1. The van der Waals surface area contributed by atoms with E-state index in [2.05, 4.69) is 11.9 Å². The molecule has 2 aromatic rings. The normalized spacial score (nSPS) is 24.9. The molecule has 2 aliphatic rings. The Morgan fingerprint density at radius 2 is 2.13 bits per heavy atom. The summed E-state index contributed by atoms with van der Waals surface area (Å²) in [6, 6.07) is 8.06. The number of hydrogen-bond acceptors (Lipinski definition) is 5. The predicted molar refractivity (Wildman–Crippen MR) is 88.8 cm³/mol. The van der Waals surface area contributed by atoms with Gasteiger partial charge in [-0.25, -0.2) is 0 Å². The molecule has 2 aromatic heterocycles. The summed E-state index contributed by atoms with van der Waals surface area (Å²) in [4.78, 5) is 18.7. The molecule has 23 heavy (non-hydrogen) atoms. The predicted octanol–water partition coefficient (Wildman–Crippen LogP) is 2.47. The van der Waals surface area contributed by atoms with Crippen LogP contribution in [0.1, 0.15) is 15.4 Å². The van der Waals surface area contributed by atoms with Crippen molar-refractivity contribution in [3.63, 3.8) is 0 Å². The summed E-state index contributed by atoms with van der Waals surface area (Å²) in [5, 5.41) is 0. The van der Waals surface area contributed by atoms with E-state index in [1.54, 1.807) is 0 Å². The minimum Gasteiger partial charge on any atom is -0.461 e. The van der Waals surface area contributed by atoms with Gasteiger partial charge in [-0.2, -0.15) is 0 Å². The van der Waals surface area contributed by atoms with E-state index in [1.165, 1.54) is 11.3 Å². The molecule has 0 unspecified atom stereocenters. The molecule has 0 bridgehead atoms. The highest BCUT2D eigenvalue weighted by Gasteiger charge is 2.40. The summed E-state index contributed by atoms with van der Waals surface area (Å²) in [6.07, 6.45) is 0.143. The van der Waals surface area contributed by atoms with Gasteiger partial charge < -0.3 is 14.1 Å². The third-order valence-corrected chi connectivity index (χ3v) is 5.75. The third-order valence-electron chi connectivity index (χ3n) is 4.67. The lowest BCUT2D eigenvalue weighted by atomic mass is 10.1. The quantitative estimate of drug-likeness (QED) is 0.847. The van der Waals surface area contributed by atoms with Crippen LogP contribution in [0.4, 0.5) is 0 Å². The molecule has 1 amide bonds. The number of ether oxygens (including phenoxy) is 1. The van der Waals surface area contributed by atoms with E-state index >= 15 is 0 Å². The number of carbonyl (C=O) groups excluding carboxylic acids is 1. The maximum absolute atomic E-state index is 12.8. The van der Waals surface area contributed by atoms with Gasteiger partial charge in [0.1, 0.15) is 11.5 Å². The number of likely N-dealkylation sites (N-methyl/N-ethyl adjacent to an activating group) is 1. The van der Waals surface area contributed by atoms with E-state index in [0.717, 1.165) is 41.0 Å². The lowest BCUT2D eigenvalue weighted by Gasteiger charge is -2.33. The summed E-state index contributed by atoms with van der Waals surface area (Å²) in [5.41, 5.74) is 0. The highest BCUT2D eigenvalue weighted by Crippen LogP contribution is 2.31. The van der Waals surface area contributed by atoms with E-state index in [-0.39, 0.29) is 12.0 Å². The van der Waals surface area contributed by atoms with Gasteiger partial charge in [0.25, 0.3) is 5.91 Å². The van der Waals surface area contributed by atoms with Crippen LogP contribution in [0.2, 0.25) is 0 Å². The molecule has 0 aromatic carbocycles. The first-order chi connectivity index (χ1) is 11.1. The van der Waals surface area contributed by atoms with Crippen LogP contribution in [-0.4, -0.2) is 61.1 Å². The zero-order chi connectivity index (χ0) is 16.0. The largest absolute Gasteiger partial charge is 0.461 e. The van der Waals surface area contributed by atoms with E-state index in [9.17, 15) is 4.79 Å². The van der Waals surface area contributed by atoms with Crippen molar-refractivity contribution in [2.75, 3.05) is 33.3 Å². The number of fused-ring (bicyclic) bond motifs is 1. The van der Waals surface area contributed by atoms with Gasteiger partial charge in [-0.3, -0.25) is 9.69 Å². The second-order valence-electron chi connectivity index (χ2n) is 6.24. The minimum atomic E-state index is 0.0935. The fraction of sp³-hybridized carbons (Fsp3) is 0.471. The molecule has 2 atom stereocenters. The van der Waals surface area contributed by atoms with Gasteiger partial charge in [-0.1, -0.05) is 0 Å². The topological polar surface area (TPSA) is 45.9 Å². The first-order valence-corrected chi connectivity index (χ1v) is 8.71. The number of likely N-dealkylation sites (tertiary alicyclic amines) is 1. The van der Waals surface area contributed by atoms with Crippen LogP contribution in [-0.2, 0) is 4.74 Å². The number of hydrogen-bond donors (Lipinski definition) is 0. The molecule has 0 aliphatic carbocycles. The summed E-state index contributed by atoms with van der Waals surface area (Å²) < 4.78 is 11.5. The van der Waals surface area contributed by atoms with Crippen molar-refractivity contribution in [2.45, 2.75) is 19.1 Å². The fourth-order valence-corrected chi connectivity index (χ4v) is 4.27. The van der Waals surface area contributed by atoms with E-state index in [4.69, 9.17) is 9.15 Å². The molecule has 122 valence electrons. The highest BCUT2D eigenvalue weighted by molar-refractivity contribution is 7.17. The molecule has 0 N–H and O–H groups in total. The zero-order valence-corrected chi connectivity index (χ0v) is 14.1. The van der Waals surface area contributed by atoms with Crippen molar-refractivity contribution in [3.8, 4) is 10.6 Å². The van der Waals surface area contributed by atoms with Gasteiger partial charge in [0.05, 0.1) is 28.5 Å². The van der Waals surface area contributed by atoms with Crippen LogP contribution >= 0.6 is 11.3 Å². The lowest BCUT2D eigenvalue weighted by molar-refractivity contribution is -0.0368. The van der Waals surface area contributed by atoms with Gasteiger partial charge in [-0.05, 0) is 38.2 Å². The Balaban J connectivity index is 1.50. The maximum atomic E-state index is 12.8. The van der Waals surface area contributed by atoms with Gasteiger partial charge in [0.2, 0.25) is 0 Å². The first-order valence-electron chi connectivity index (χ1n) is 7.89. The van der Waals surface area contributed by atoms with Crippen molar-refractivity contribution in [2.24, 2.45) is 0 Å². The monoisotopic (exact) mass is 332 g/mol. The van der Waals surface area contributed by atoms with Gasteiger partial charge >= 0.3 is 0 Å². The number of carbonyl (C=O) groups is 1. The van der Waals surface area contributed by atoms with Crippen molar-refractivity contribution in [1.29, 1.82) is 0 Å². The number of morpholine rings is 1. The number of amides is 1. The summed E-state index contributed by atoms with van der Waals surface area (Å²) >= 11 is 1.49. The van der Waals surface area contributed by atoms with Crippen molar-refractivity contribution < 1.29 is 13.9 Å². The van der Waals surface area contributed by atoms with Crippen LogP contribution in [0, 0.1) is 6.92 Å². The fourth-order valence-electron chi connectivity index (χ4n) is 3.33. The van der Waals surface area contributed by atoms with Crippen LogP contribution in [0.3, 0.4) is 0 Å². The van der Waals surface area contributed by atoms with Gasteiger partial charge in [0, 0.05) is 19.6 Å². The number of rotatable bonds is 2. The second-order valence-corrected chi connectivity index (χ2v) is 7.33. The van der Waals surface area contributed by atoms with Crippen molar-refractivity contribution in [3.05, 3.63) is 34.9 Å². The highest BCUT2D eigenvalue weighted by atomic mass is 32.1. The van der Waals surface area contributed by atoms with Crippen molar-refractivity contribution in [1.82, 2.24) is 9.80 Å². The van der Waals surface area contributed by atoms with Gasteiger partial charge in [0.15, 0.2) is 0 Å². The molecule has 2 aliphatic heterocycles. The number of furan rings is 1. The smallest absolute Gasteiger partial charge is 0.264 e. The Labute approximate surface area is 139 Å². The van der Waals surface area contributed by atoms with E-state index < -0.39 is 0 Å². The Morgan fingerprint density at radius 1 is 1.26 bits per heavy atom. The molecule has 4 rings (SSSR count). The standard InChI is InChI=1S/C17H20N2O3S/c1-11-3-4-13(22-11)15-5-6-16(23-15)17(20)19-9-12-14(10-19)21-8-7-18(12)2/h3-6,12,14H,7-10H2,1-2H3/t12-,14+/m1/s1. The zero-order valence-electron chi connectivity index (χ0n) is 13.3. The molecule has 2 fully saturated rings. The first kappa shape index (κ1) is 14.9. The van der Waals surface area contributed by atoms with Gasteiger partial charge in [-0.15, -0.1) is 11.3 Å². The van der Waals surface area contributed by atoms with Crippen LogP contribution in [0.5, 0.6) is 0 Å². The second kappa shape index (κ2) is 5.78. The molecule has 6 heteroatoms. The van der Waals surface area contributed by atoms with Crippen LogP contribution in [0.15, 0.2) is 28.7 Å². The SMILES string of the molecule is Cc1ccc(-c2ccc(C(=O)N3C[C@@H]4OCCN(C)[C@@H]4C3)s2)o1. The summed E-state index contributed by atoms with van der Waals surface area (Å²) in [5.74, 6) is 1.80. The number of thiophene rings is 1. The molecular formula is C17H20N2O3S. The molecule has 0 radical (unpaired) electrons. The molecule has 2 saturated heterocycles. The summed E-state index contributed by atoms with van der Waals surface area (Å²) in [6.45, 7) is 5.03. The van der Waals surface area contributed by atoms with Crippen molar-refractivity contribution >= 4 is 17.2 Å². The Bertz CT molecular complexity index is 723. The molecule has 0 saturated carbocycles.